The molecule has 0 atom stereocenters. The van der Waals surface area contributed by atoms with Crippen LogP contribution >= 0.6 is 11.6 Å². The highest BCUT2D eigenvalue weighted by Gasteiger charge is 2.20. The first-order valence-electron chi connectivity index (χ1n) is 8.20. The van der Waals surface area contributed by atoms with Gasteiger partial charge in [0.2, 0.25) is 0 Å². The lowest BCUT2D eigenvalue weighted by molar-refractivity contribution is 0.999. The number of nitrogens with one attached hydrogen (secondary N) is 1. The average molecular weight is 350 g/mol. The number of halogens is 1. The number of anilines is 1. The van der Waals surface area contributed by atoms with Crippen molar-refractivity contribution in [2.75, 3.05) is 11.9 Å². The summed E-state index contributed by atoms with van der Waals surface area (Å²) in [5.41, 5.74) is 5.53. The number of aromatic nitrogens is 3. The van der Waals surface area contributed by atoms with E-state index in [1.807, 2.05) is 35.0 Å². The fourth-order valence-electron chi connectivity index (χ4n) is 3.29. The summed E-state index contributed by atoms with van der Waals surface area (Å²) in [5.74, 6) is 0.883. The van der Waals surface area contributed by atoms with Crippen LogP contribution in [0.1, 0.15) is 23.7 Å². The Morgan fingerprint density at radius 2 is 2.20 bits per heavy atom. The number of hydrogen-bond acceptors (Lipinski definition) is 4. The van der Waals surface area contributed by atoms with Gasteiger partial charge in [-0.15, -0.1) is 0 Å². The number of aryl methyl sites for hydroxylation is 1. The molecule has 124 valence electrons. The summed E-state index contributed by atoms with van der Waals surface area (Å²) in [4.78, 5) is 8.74. The van der Waals surface area contributed by atoms with Gasteiger partial charge in [0.1, 0.15) is 23.9 Å². The molecule has 0 saturated carbocycles. The van der Waals surface area contributed by atoms with Gasteiger partial charge in [-0.05, 0) is 36.6 Å². The van der Waals surface area contributed by atoms with E-state index in [0.29, 0.717) is 10.7 Å². The third-order valence-electron chi connectivity index (χ3n) is 4.51. The van der Waals surface area contributed by atoms with Gasteiger partial charge in [-0.1, -0.05) is 24.6 Å². The van der Waals surface area contributed by atoms with E-state index in [-0.39, 0.29) is 0 Å². The lowest BCUT2D eigenvalue weighted by atomic mass is 10.1. The largest absolute Gasteiger partial charge is 0.369 e. The Balaban J connectivity index is 1.90. The molecule has 4 rings (SSSR count). The molecule has 0 bridgehead atoms. The molecule has 1 aliphatic heterocycles. The zero-order valence-electron chi connectivity index (χ0n) is 13.8. The predicted octanol–water partition coefficient (Wildman–Crippen LogP) is 3.99. The minimum absolute atomic E-state index is 0.560. The van der Waals surface area contributed by atoms with Gasteiger partial charge in [0.15, 0.2) is 0 Å². The van der Waals surface area contributed by atoms with Crippen LogP contribution < -0.4 is 5.32 Å². The van der Waals surface area contributed by atoms with E-state index < -0.39 is 0 Å². The van der Waals surface area contributed by atoms with Gasteiger partial charge in [-0.2, -0.15) is 5.26 Å². The molecule has 3 aromatic rings. The van der Waals surface area contributed by atoms with Gasteiger partial charge in [-0.25, -0.2) is 9.97 Å². The first-order chi connectivity index (χ1) is 12.2. The molecule has 3 heterocycles. The number of rotatable bonds is 3. The van der Waals surface area contributed by atoms with Crippen molar-refractivity contribution in [1.82, 2.24) is 14.5 Å². The highest BCUT2D eigenvalue weighted by atomic mass is 35.5. The van der Waals surface area contributed by atoms with E-state index in [2.05, 4.69) is 28.3 Å². The number of benzene rings is 1. The number of nitriles is 1. The molecule has 1 aromatic carbocycles. The SMILES string of the molecule is CCc1ccc(Cl)cc1-n1cc(-c2ncnc3c2CCN3)cc1C#N. The highest BCUT2D eigenvalue weighted by Crippen LogP contribution is 2.32. The summed E-state index contributed by atoms with van der Waals surface area (Å²) in [6.45, 7) is 2.95. The normalized spacial score (nSPS) is 12.5. The van der Waals surface area contributed by atoms with Crippen LogP contribution in [-0.4, -0.2) is 21.1 Å². The smallest absolute Gasteiger partial charge is 0.133 e. The van der Waals surface area contributed by atoms with Gasteiger partial charge in [0, 0.05) is 28.9 Å². The van der Waals surface area contributed by atoms with E-state index in [4.69, 9.17) is 11.6 Å². The topological polar surface area (TPSA) is 66.5 Å². The summed E-state index contributed by atoms with van der Waals surface area (Å²) in [6, 6.07) is 9.94. The molecular weight excluding hydrogens is 334 g/mol. The van der Waals surface area contributed by atoms with Gasteiger partial charge in [0.25, 0.3) is 0 Å². The van der Waals surface area contributed by atoms with Crippen molar-refractivity contribution in [1.29, 1.82) is 5.26 Å². The van der Waals surface area contributed by atoms with Crippen LogP contribution in [0.25, 0.3) is 16.9 Å². The Kier molecular flexibility index (Phi) is 3.90. The Morgan fingerprint density at radius 1 is 1.32 bits per heavy atom. The number of fused-ring (bicyclic) bond motifs is 1. The van der Waals surface area contributed by atoms with Gasteiger partial charge in [-0.3, -0.25) is 0 Å². The zero-order chi connectivity index (χ0) is 17.4. The van der Waals surface area contributed by atoms with Gasteiger partial charge < -0.3 is 9.88 Å². The maximum Gasteiger partial charge on any atom is 0.133 e. The summed E-state index contributed by atoms with van der Waals surface area (Å²) < 4.78 is 1.90. The van der Waals surface area contributed by atoms with Crippen LogP contribution in [0.3, 0.4) is 0 Å². The highest BCUT2D eigenvalue weighted by molar-refractivity contribution is 6.30. The van der Waals surface area contributed by atoms with Crippen LogP contribution in [0.4, 0.5) is 5.82 Å². The summed E-state index contributed by atoms with van der Waals surface area (Å²) in [5, 5.41) is 13.5. The van der Waals surface area contributed by atoms with Crippen molar-refractivity contribution in [3.8, 4) is 23.0 Å². The minimum atomic E-state index is 0.560. The predicted molar refractivity (Wildman–Crippen MR) is 98.1 cm³/mol. The molecule has 0 saturated heterocycles. The first kappa shape index (κ1) is 15.7. The van der Waals surface area contributed by atoms with Crippen LogP contribution in [0.5, 0.6) is 0 Å². The number of nitrogens with zero attached hydrogens (tertiary/aromatic N) is 4. The van der Waals surface area contributed by atoms with Crippen molar-refractivity contribution in [2.45, 2.75) is 19.8 Å². The lowest BCUT2D eigenvalue weighted by Crippen LogP contribution is -2.00. The standard InChI is InChI=1S/C19H16ClN5/c1-2-12-3-4-14(20)8-17(12)25-10-13(7-15(25)9-21)18-16-5-6-22-19(16)24-11-23-18/h3-4,7-8,10-11H,2,5-6H2,1H3,(H,22,23,24). The van der Waals surface area contributed by atoms with Crippen LogP contribution in [0.2, 0.25) is 5.02 Å². The molecular formula is C19H16ClN5. The molecule has 0 fully saturated rings. The fraction of sp³-hybridized carbons (Fsp3) is 0.211. The average Bonchev–Trinajstić information content (AvgIpc) is 3.28. The second-order valence-electron chi connectivity index (χ2n) is 5.95. The van der Waals surface area contributed by atoms with E-state index >= 15 is 0 Å². The molecule has 25 heavy (non-hydrogen) atoms. The van der Waals surface area contributed by atoms with Crippen molar-refractivity contribution < 1.29 is 0 Å². The molecule has 2 aromatic heterocycles. The number of hydrogen-bond donors (Lipinski definition) is 1. The monoisotopic (exact) mass is 349 g/mol. The second kappa shape index (κ2) is 6.23. The third-order valence-corrected chi connectivity index (χ3v) is 4.74. The second-order valence-corrected chi connectivity index (χ2v) is 6.39. The van der Waals surface area contributed by atoms with Crippen LogP contribution in [0, 0.1) is 11.3 Å². The molecule has 1 N–H and O–H groups in total. The molecule has 1 aliphatic rings. The van der Waals surface area contributed by atoms with Crippen LogP contribution in [-0.2, 0) is 12.8 Å². The molecule has 0 amide bonds. The fourth-order valence-corrected chi connectivity index (χ4v) is 3.46. The first-order valence-corrected chi connectivity index (χ1v) is 8.58. The quantitative estimate of drug-likeness (QED) is 0.776. The van der Waals surface area contributed by atoms with E-state index in [1.165, 1.54) is 0 Å². The van der Waals surface area contributed by atoms with Crippen molar-refractivity contribution in [3.05, 3.63) is 58.6 Å². The Labute approximate surface area is 150 Å². The van der Waals surface area contributed by atoms with E-state index in [0.717, 1.165) is 53.3 Å². The molecule has 0 radical (unpaired) electrons. The maximum absolute atomic E-state index is 9.62. The molecule has 0 spiro atoms. The maximum atomic E-state index is 9.62. The van der Waals surface area contributed by atoms with E-state index in [9.17, 15) is 5.26 Å². The Hall–Kier alpha value is -2.84. The molecule has 0 aliphatic carbocycles. The summed E-state index contributed by atoms with van der Waals surface area (Å²) in [7, 11) is 0. The van der Waals surface area contributed by atoms with Crippen LogP contribution in [0.15, 0.2) is 36.8 Å². The zero-order valence-corrected chi connectivity index (χ0v) is 14.5. The Bertz CT molecular complexity index is 1000. The minimum Gasteiger partial charge on any atom is -0.369 e. The Morgan fingerprint density at radius 3 is 3.00 bits per heavy atom. The van der Waals surface area contributed by atoms with Gasteiger partial charge >= 0.3 is 0 Å². The van der Waals surface area contributed by atoms with Crippen molar-refractivity contribution in [2.24, 2.45) is 0 Å². The lowest BCUT2D eigenvalue weighted by Gasteiger charge is -2.11. The molecule has 0 unspecified atom stereocenters. The summed E-state index contributed by atoms with van der Waals surface area (Å²) in [6.07, 6.45) is 5.27. The third kappa shape index (κ3) is 2.65. The molecule has 5 nitrogen and oxygen atoms in total. The van der Waals surface area contributed by atoms with Crippen molar-refractivity contribution >= 4 is 17.4 Å². The van der Waals surface area contributed by atoms with Crippen molar-refractivity contribution in [3.63, 3.8) is 0 Å². The molecule has 6 heteroatoms. The van der Waals surface area contributed by atoms with E-state index in [1.54, 1.807) is 6.33 Å². The summed E-state index contributed by atoms with van der Waals surface area (Å²) >= 11 is 6.19. The van der Waals surface area contributed by atoms with Gasteiger partial charge in [0.05, 0.1) is 11.4 Å².